The maximum absolute atomic E-state index is 6.95. The van der Waals surface area contributed by atoms with Crippen molar-refractivity contribution in [3.63, 3.8) is 0 Å². The summed E-state index contributed by atoms with van der Waals surface area (Å²) in [5.74, 6) is 0. The maximum Gasteiger partial charge on any atom is 0.147 e. The number of halogens is 1. The molecule has 0 unspecified atom stereocenters. The van der Waals surface area contributed by atoms with Crippen LogP contribution in [0.1, 0.15) is 4.11 Å². The monoisotopic (exact) mass is 117 g/mol. The Morgan fingerprint density at radius 1 is 1.71 bits per heavy atom. The van der Waals surface area contributed by atoms with Crippen molar-refractivity contribution in [1.29, 1.82) is 0 Å². The van der Waals surface area contributed by atoms with Gasteiger partial charge in [-0.05, 0) is 0 Å². The molecule has 0 radical (unpaired) electrons. The van der Waals surface area contributed by atoms with E-state index in [1.165, 1.54) is 0 Å². The van der Waals surface area contributed by atoms with Crippen LogP contribution in [0.5, 0.6) is 0 Å². The second-order valence-electron chi connectivity index (χ2n) is 0.850. The van der Waals surface area contributed by atoms with E-state index in [2.05, 4.69) is 9.97 Å². The van der Waals surface area contributed by atoms with E-state index in [1.54, 1.807) is 0 Å². The quantitative estimate of drug-likeness (QED) is 0.509. The molecule has 0 bridgehead atoms. The van der Waals surface area contributed by atoms with E-state index in [1.807, 2.05) is 0 Å². The molecule has 3 heteroatoms. The molecule has 0 saturated carbocycles. The second-order valence-corrected chi connectivity index (χ2v) is 1.21. The van der Waals surface area contributed by atoms with Crippen molar-refractivity contribution in [1.82, 2.24) is 9.97 Å². The third-order valence-electron chi connectivity index (χ3n) is 0.408. The molecule has 0 aliphatic heterocycles. The predicted molar refractivity (Wildman–Crippen MR) is 27.0 cm³/mol. The molecule has 0 fully saturated rings. The molecule has 0 saturated heterocycles. The van der Waals surface area contributed by atoms with Crippen LogP contribution in [-0.4, -0.2) is 9.97 Å². The lowest BCUT2D eigenvalue weighted by molar-refractivity contribution is 1.20. The Morgan fingerprint density at radius 3 is 3.29 bits per heavy atom. The van der Waals surface area contributed by atoms with Crippen LogP contribution in [0, 0.1) is 0 Å². The summed E-state index contributed by atoms with van der Waals surface area (Å²) in [6.07, 6.45) is -0.891. The van der Waals surface area contributed by atoms with Gasteiger partial charge >= 0.3 is 0 Å². The smallest absolute Gasteiger partial charge is 0.147 e. The lowest BCUT2D eigenvalue weighted by atomic mass is 10.8. The fraction of sp³-hybridized carbons (Fsp3) is 0. The molecule has 0 N–H and O–H groups in total. The first-order valence-electron chi connectivity index (χ1n) is 3.08. The summed E-state index contributed by atoms with van der Waals surface area (Å²) >= 11 is 5.32. The van der Waals surface area contributed by atoms with Crippen LogP contribution in [-0.2, 0) is 0 Å². The van der Waals surface area contributed by atoms with Crippen molar-refractivity contribution in [2.45, 2.75) is 0 Å². The first-order valence-corrected chi connectivity index (χ1v) is 1.96. The van der Waals surface area contributed by atoms with E-state index in [0.29, 0.717) is 0 Å². The lowest BCUT2D eigenvalue weighted by Gasteiger charge is -1.79. The van der Waals surface area contributed by atoms with Crippen molar-refractivity contribution in [3.8, 4) is 0 Å². The van der Waals surface area contributed by atoms with Gasteiger partial charge in [-0.1, -0.05) is 11.6 Å². The van der Waals surface area contributed by atoms with Crippen LogP contribution in [0.4, 0.5) is 0 Å². The van der Waals surface area contributed by atoms with E-state index in [-0.39, 0.29) is 23.7 Å². The number of hydrogen-bond acceptors (Lipinski definition) is 2. The highest BCUT2D eigenvalue weighted by Gasteiger charge is 1.77. The third kappa shape index (κ3) is 1.12. The number of aromatic nitrogens is 2. The van der Waals surface area contributed by atoms with Crippen molar-refractivity contribution in [2.24, 2.45) is 0 Å². The summed E-state index contributed by atoms with van der Waals surface area (Å²) < 4.78 is 20.8. The summed E-state index contributed by atoms with van der Waals surface area (Å²) in [5.41, 5.74) is 0. The zero-order valence-electron chi connectivity index (χ0n) is 6.27. The van der Waals surface area contributed by atoms with Gasteiger partial charge in [0.15, 0.2) is 0 Å². The molecule has 0 aliphatic rings. The minimum atomic E-state index is -0.325. The normalized spacial score (nSPS) is 14.7. The first-order chi connectivity index (χ1) is 4.61. The average molecular weight is 118 g/mol. The lowest BCUT2D eigenvalue weighted by Crippen LogP contribution is -1.71. The van der Waals surface area contributed by atoms with Crippen LogP contribution in [0.2, 0.25) is 5.15 Å². The van der Waals surface area contributed by atoms with Gasteiger partial charge < -0.3 is 0 Å². The molecule has 7 heavy (non-hydrogen) atoms. The molecule has 36 valence electrons. The molecule has 1 aromatic rings. The van der Waals surface area contributed by atoms with Gasteiger partial charge in [0, 0.05) is 12.3 Å². The third-order valence-corrected chi connectivity index (χ3v) is 0.577. The minimum absolute atomic E-state index is 0.138. The Labute approximate surface area is 50.4 Å². The Bertz CT molecular complexity index is 215. The zero-order chi connectivity index (χ0) is 7.72. The maximum atomic E-state index is 6.95. The second kappa shape index (κ2) is 1.89. The summed E-state index contributed by atoms with van der Waals surface area (Å²) in [5, 5.41) is -0.138. The van der Waals surface area contributed by atoms with Crippen molar-refractivity contribution in [2.75, 3.05) is 0 Å². The molecule has 1 heterocycles. The van der Waals surface area contributed by atoms with E-state index in [0.717, 1.165) is 0 Å². The molecule has 0 atom stereocenters. The fourth-order valence-corrected chi connectivity index (χ4v) is 0.283. The van der Waals surface area contributed by atoms with Crippen molar-refractivity contribution in [3.05, 3.63) is 23.7 Å². The number of hydrogen-bond donors (Lipinski definition) is 0. The van der Waals surface area contributed by atoms with Gasteiger partial charge in [-0.3, -0.25) is 4.98 Å². The summed E-state index contributed by atoms with van der Waals surface area (Å²) in [7, 11) is 0. The SMILES string of the molecule is [2H]c1nc([2H])c(Cl)nc1[2H]. The van der Waals surface area contributed by atoms with Gasteiger partial charge in [-0.25, -0.2) is 4.98 Å². The van der Waals surface area contributed by atoms with Crippen LogP contribution >= 0.6 is 11.6 Å². The molecule has 1 rings (SSSR count). The molecule has 0 spiro atoms. The van der Waals surface area contributed by atoms with Gasteiger partial charge in [0.05, 0.1) is 10.3 Å². The molecular formula is C4H3ClN2. The summed E-state index contributed by atoms with van der Waals surface area (Å²) in [6, 6.07) is 0. The molecule has 0 amide bonds. The fourth-order valence-electron chi connectivity index (χ4n) is 0.198. The van der Waals surface area contributed by atoms with E-state index < -0.39 is 0 Å². The van der Waals surface area contributed by atoms with E-state index in [9.17, 15) is 0 Å². The Hall–Kier alpha value is -0.630. The van der Waals surface area contributed by atoms with Crippen LogP contribution in [0.3, 0.4) is 0 Å². The first kappa shape index (κ1) is 2.09. The van der Waals surface area contributed by atoms with Gasteiger partial charge in [-0.15, -0.1) is 0 Å². The highest BCUT2D eigenvalue weighted by atomic mass is 35.5. The molecule has 1 aromatic heterocycles. The summed E-state index contributed by atoms with van der Waals surface area (Å²) in [6.45, 7) is 0. The topological polar surface area (TPSA) is 25.8 Å². The largest absolute Gasteiger partial charge is 0.260 e. The Kier molecular flexibility index (Phi) is 0.564. The Balaban J connectivity index is 3.28. The van der Waals surface area contributed by atoms with Gasteiger partial charge in [0.25, 0.3) is 0 Å². The highest BCUT2D eigenvalue weighted by molar-refractivity contribution is 6.29. The van der Waals surface area contributed by atoms with Gasteiger partial charge in [-0.2, -0.15) is 0 Å². The zero-order valence-corrected chi connectivity index (χ0v) is 4.03. The molecule has 0 aliphatic carbocycles. The van der Waals surface area contributed by atoms with Gasteiger partial charge in [0.2, 0.25) is 0 Å². The average Bonchev–Trinajstić information content (AvgIpc) is 1.84. The minimum Gasteiger partial charge on any atom is -0.260 e. The predicted octanol–water partition coefficient (Wildman–Crippen LogP) is 1.13. The molecule has 0 aromatic carbocycles. The van der Waals surface area contributed by atoms with E-state index >= 15 is 0 Å². The molecule has 2 nitrogen and oxygen atoms in total. The highest BCUT2D eigenvalue weighted by Crippen LogP contribution is 1.95. The van der Waals surface area contributed by atoms with Gasteiger partial charge in [0.1, 0.15) is 5.15 Å². The van der Waals surface area contributed by atoms with Crippen molar-refractivity contribution >= 4 is 11.6 Å². The standard InChI is InChI=1S/C4H3ClN2/c5-4-3-6-1-2-7-4/h1-3H/i1D,2D,3D. The Morgan fingerprint density at radius 2 is 2.57 bits per heavy atom. The van der Waals surface area contributed by atoms with E-state index in [4.69, 9.17) is 15.7 Å². The summed E-state index contributed by atoms with van der Waals surface area (Å²) in [4.78, 5) is 6.69. The van der Waals surface area contributed by atoms with Crippen LogP contribution in [0.15, 0.2) is 18.5 Å². The van der Waals surface area contributed by atoms with Crippen molar-refractivity contribution < 1.29 is 4.11 Å². The molecular weight excluding hydrogens is 112 g/mol. The number of nitrogens with zero attached hydrogens (tertiary/aromatic N) is 2. The van der Waals surface area contributed by atoms with Crippen LogP contribution in [0.25, 0.3) is 0 Å². The van der Waals surface area contributed by atoms with Crippen LogP contribution < -0.4 is 0 Å². The number of rotatable bonds is 0.